The second-order valence-corrected chi connectivity index (χ2v) is 14.2. The summed E-state index contributed by atoms with van der Waals surface area (Å²) in [4.78, 5) is 18.8. The van der Waals surface area contributed by atoms with Crippen molar-refractivity contribution < 1.29 is 13.2 Å². The summed E-state index contributed by atoms with van der Waals surface area (Å²) in [5.41, 5.74) is 2.00. The first-order valence-corrected chi connectivity index (χ1v) is 17.4. The Bertz CT molecular complexity index is 1460. The summed E-state index contributed by atoms with van der Waals surface area (Å²) in [6.45, 7) is 3.09. The Morgan fingerprint density at radius 1 is 0.837 bits per heavy atom. The van der Waals surface area contributed by atoms with Gasteiger partial charge in [0, 0.05) is 24.7 Å². The molecule has 10 heteroatoms. The van der Waals surface area contributed by atoms with E-state index in [1.807, 2.05) is 78.9 Å². The number of nitrogens with zero attached hydrogens (tertiary/aromatic N) is 2. The lowest BCUT2D eigenvalue weighted by Gasteiger charge is -2.46. The molecule has 2 atom stereocenters. The molecule has 1 N–H and O–H groups in total. The summed E-state index contributed by atoms with van der Waals surface area (Å²) >= 11 is 12.9. The molecule has 232 valence electrons. The number of benzene rings is 3. The van der Waals surface area contributed by atoms with Gasteiger partial charge in [-0.25, -0.2) is 13.1 Å². The van der Waals surface area contributed by atoms with Crippen LogP contribution in [0.3, 0.4) is 0 Å². The summed E-state index contributed by atoms with van der Waals surface area (Å²) in [6.07, 6.45) is 6.36. The van der Waals surface area contributed by atoms with E-state index < -0.39 is 15.6 Å². The number of likely N-dealkylation sites (tertiary alicyclic amines) is 2. The van der Waals surface area contributed by atoms with Crippen LogP contribution in [-0.2, 0) is 15.6 Å². The highest BCUT2D eigenvalue weighted by atomic mass is 35.5. The maximum Gasteiger partial charge on any atom is 0.209 e. The minimum atomic E-state index is -3.46. The van der Waals surface area contributed by atoms with Gasteiger partial charge in [-0.2, -0.15) is 0 Å². The topological polar surface area (TPSA) is 69.7 Å². The third kappa shape index (κ3) is 8.40. The number of nitrogens with one attached hydrogen (secondary N) is 1. The van der Waals surface area contributed by atoms with Crippen molar-refractivity contribution >= 4 is 51.4 Å². The van der Waals surface area contributed by atoms with E-state index >= 15 is 0 Å². The van der Waals surface area contributed by atoms with Gasteiger partial charge in [0.1, 0.15) is 0 Å². The number of ketones is 1. The summed E-state index contributed by atoms with van der Waals surface area (Å²) < 4.78 is 28.0. The summed E-state index contributed by atoms with van der Waals surface area (Å²) in [5, 5.41) is 0.976. The molecule has 0 aliphatic carbocycles. The second kappa shape index (κ2) is 14.9. The van der Waals surface area contributed by atoms with Crippen LogP contribution in [0.1, 0.15) is 66.1 Å². The minimum absolute atomic E-state index is 0. The Balaban J connectivity index is 0.00000423. The van der Waals surface area contributed by atoms with Crippen LogP contribution in [0.25, 0.3) is 0 Å². The van der Waals surface area contributed by atoms with Crippen molar-refractivity contribution in [2.45, 2.75) is 56.1 Å². The standard InChI is InChI=1S/C33H39Cl2N3O3S.ClH/c1-42(40,41)36-33(27-13-7-3-8-14-27)17-21-38(22-18-33)30(26-15-16-28(34)29(35)23-26)24-31(37-19-9-4-10-20-37)32(39)25-11-5-2-6-12-25;/h2-3,5-8,11-16,23,30-31,36H,4,9-10,17-22,24H2,1H3;1H. The van der Waals surface area contributed by atoms with Crippen LogP contribution in [0, 0.1) is 0 Å². The van der Waals surface area contributed by atoms with Gasteiger partial charge in [0.15, 0.2) is 5.78 Å². The number of hydrogen-bond acceptors (Lipinski definition) is 5. The number of hydrogen-bond donors (Lipinski definition) is 1. The summed E-state index contributed by atoms with van der Waals surface area (Å²) in [7, 11) is -3.46. The van der Waals surface area contributed by atoms with Crippen LogP contribution in [0.5, 0.6) is 0 Å². The van der Waals surface area contributed by atoms with Gasteiger partial charge in [0.25, 0.3) is 0 Å². The Hall–Kier alpha value is -1.97. The van der Waals surface area contributed by atoms with E-state index in [1.165, 1.54) is 12.7 Å². The van der Waals surface area contributed by atoms with E-state index in [0.29, 0.717) is 42.4 Å². The molecule has 0 aromatic heterocycles. The molecule has 2 saturated heterocycles. The van der Waals surface area contributed by atoms with E-state index in [1.54, 1.807) is 0 Å². The van der Waals surface area contributed by atoms with Crippen molar-refractivity contribution in [3.8, 4) is 0 Å². The zero-order valence-electron chi connectivity index (χ0n) is 24.4. The number of carbonyl (C=O) groups excluding carboxylic acids is 1. The van der Waals surface area contributed by atoms with Crippen molar-refractivity contribution in [2.24, 2.45) is 0 Å². The molecule has 0 bridgehead atoms. The Morgan fingerprint density at radius 2 is 1.44 bits per heavy atom. The number of Topliss-reactive ketones (excluding diaryl/α,β-unsaturated/α-hetero) is 1. The van der Waals surface area contributed by atoms with Crippen LogP contribution < -0.4 is 4.72 Å². The SMILES string of the molecule is CS(=O)(=O)NC1(c2ccccc2)CCN(C(CC(C(=O)c2ccccc2)N2CCCCC2)c2ccc(Cl)c(Cl)c2)CC1.Cl. The van der Waals surface area contributed by atoms with Gasteiger partial charge in [0.2, 0.25) is 10.0 Å². The number of rotatable bonds is 10. The largest absolute Gasteiger partial charge is 0.296 e. The molecule has 3 aromatic carbocycles. The van der Waals surface area contributed by atoms with Crippen molar-refractivity contribution in [1.82, 2.24) is 14.5 Å². The average Bonchev–Trinajstić information content (AvgIpc) is 3.00. The highest BCUT2D eigenvalue weighted by Crippen LogP contribution is 2.40. The lowest BCUT2D eigenvalue weighted by Crippen LogP contribution is -2.54. The van der Waals surface area contributed by atoms with Crippen molar-refractivity contribution in [2.75, 3.05) is 32.4 Å². The molecular formula is C33H40Cl3N3O3S. The third-order valence-corrected chi connectivity index (χ3v) is 10.3. The number of piperidine rings is 2. The van der Waals surface area contributed by atoms with E-state index in [0.717, 1.165) is 42.6 Å². The predicted molar refractivity (Wildman–Crippen MR) is 178 cm³/mol. The van der Waals surface area contributed by atoms with E-state index in [4.69, 9.17) is 23.2 Å². The molecule has 2 aliphatic heterocycles. The van der Waals surface area contributed by atoms with Crippen molar-refractivity contribution in [1.29, 1.82) is 0 Å². The maximum atomic E-state index is 14.1. The van der Waals surface area contributed by atoms with Crippen LogP contribution in [0.15, 0.2) is 78.9 Å². The van der Waals surface area contributed by atoms with Gasteiger partial charge in [-0.3, -0.25) is 14.6 Å². The normalized spacial score (nSPS) is 19.2. The highest BCUT2D eigenvalue weighted by molar-refractivity contribution is 7.88. The zero-order chi connectivity index (χ0) is 29.7. The lowest BCUT2D eigenvalue weighted by atomic mass is 9.80. The molecule has 2 fully saturated rings. The monoisotopic (exact) mass is 663 g/mol. The molecule has 0 radical (unpaired) electrons. The summed E-state index contributed by atoms with van der Waals surface area (Å²) in [5.74, 6) is 0.136. The van der Waals surface area contributed by atoms with Crippen molar-refractivity contribution in [3.05, 3.63) is 106 Å². The van der Waals surface area contributed by atoms with E-state index in [-0.39, 0.29) is 30.3 Å². The van der Waals surface area contributed by atoms with Gasteiger partial charge in [-0.1, -0.05) is 96.4 Å². The van der Waals surface area contributed by atoms with Gasteiger partial charge in [0.05, 0.1) is 27.9 Å². The zero-order valence-corrected chi connectivity index (χ0v) is 27.6. The lowest BCUT2D eigenvalue weighted by molar-refractivity contribution is 0.0580. The molecule has 2 unspecified atom stereocenters. The molecule has 2 aliphatic rings. The maximum absolute atomic E-state index is 14.1. The van der Waals surface area contributed by atoms with Gasteiger partial charge < -0.3 is 0 Å². The first-order chi connectivity index (χ1) is 20.2. The number of sulfonamides is 1. The summed E-state index contributed by atoms with van der Waals surface area (Å²) in [6, 6.07) is 24.8. The molecule has 5 rings (SSSR count). The molecule has 43 heavy (non-hydrogen) atoms. The Labute approximate surface area is 272 Å². The molecular weight excluding hydrogens is 625 g/mol. The first kappa shape index (κ1) is 33.9. The molecule has 0 amide bonds. The number of carbonyl (C=O) groups is 1. The van der Waals surface area contributed by atoms with E-state index in [9.17, 15) is 13.2 Å². The van der Waals surface area contributed by atoms with Crippen molar-refractivity contribution in [3.63, 3.8) is 0 Å². The minimum Gasteiger partial charge on any atom is -0.296 e. The highest BCUT2D eigenvalue weighted by Gasteiger charge is 2.41. The van der Waals surface area contributed by atoms with E-state index in [2.05, 4.69) is 14.5 Å². The van der Waals surface area contributed by atoms with Gasteiger partial charge >= 0.3 is 0 Å². The fourth-order valence-corrected chi connectivity index (χ4v) is 7.99. The van der Waals surface area contributed by atoms with Crippen LogP contribution in [-0.4, -0.2) is 62.5 Å². The second-order valence-electron chi connectivity index (χ2n) is 11.6. The van der Waals surface area contributed by atoms with Crippen LogP contribution in [0.4, 0.5) is 0 Å². The number of halogens is 3. The third-order valence-electron chi connectivity index (χ3n) is 8.77. The van der Waals surface area contributed by atoms with Gasteiger partial charge in [-0.15, -0.1) is 12.4 Å². The fraction of sp³-hybridized carbons (Fsp3) is 0.424. The fourth-order valence-electron chi connectivity index (χ4n) is 6.65. The molecule has 6 nitrogen and oxygen atoms in total. The van der Waals surface area contributed by atoms with Crippen LogP contribution >= 0.6 is 35.6 Å². The Kier molecular flexibility index (Phi) is 11.7. The predicted octanol–water partition coefficient (Wildman–Crippen LogP) is 7.12. The van der Waals surface area contributed by atoms with Crippen LogP contribution in [0.2, 0.25) is 10.0 Å². The quantitative estimate of drug-likeness (QED) is 0.234. The molecule has 2 heterocycles. The smallest absolute Gasteiger partial charge is 0.209 e. The Morgan fingerprint density at radius 3 is 2.02 bits per heavy atom. The first-order valence-electron chi connectivity index (χ1n) is 14.7. The molecule has 0 saturated carbocycles. The average molecular weight is 665 g/mol. The molecule has 3 aromatic rings. The molecule has 0 spiro atoms. The van der Waals surface area contributed by atoms with Gasteiger partial charge in [-0.05, 0) is 68.5 Å².